The Balaban J connectivity index is 1.69. The summed E-state index contributed by atoms with van der Waals surface area (Å²) < 4.78 is 1.84. The highest BCUT2D eigenvalue weighted by atomic mass is 16.2. The molecule has 1 aromatic carbocycles. The third-order valence-electron chi connectivity index (χ3n) is 3.20. The molecule has 1 N–H and O–H groups in total. The summed E-state index contributed by atoms with van der Waals surface area (Å²) in [6.07, 6.45) is 2.07. The van der Waals surface area contributed by atoms with Gasteiger partial charge in [-0.2, -0.15) is 0 Å². The maximum absolute atomic E-state index is 11.7. The van der Waals surface area contributed by atoms with E-state index in [4.69, 9.17) is 0 Å². The molecular formula is C13H16N4O. The lowest BCUT2D eigenvalue weighted by atomic mass is 10.2. The predicted molar refractivity (Wildman–Crippen MR) is 67.9 cm³/mol. The molecule has 1 aromatic heterocycles. The van der Waals surface area contributed by atoms with E-state index in [1.165, 1.54) is 0 Å². The number of hydrogen-bond acceptors (Lipinski definition) is 3. The lowest BCUT2D eigenvalue weighted by Crippen LogP contribution is -2.36. The number of hydrogen-bond donors (Lipinski definition) is 1. The largest absolute Gasteiger partial charge is 0.352 e. The summed E-state index contributed by atoms with van der Waals surface area (Å²) in [6, 6.07) is 7.91. The number of carbonyl (C=O) groups excluding carboxylic acids is 1. The molecule has 18 heavy (non-hydrogen) atoms. The smallest absolute Gasteiger partial charge is 0.223 e. The number of fused-ring (bicyclic) bond motifs is 1. The fourth-order valence-corrected chi connectivity index (χ4v) is 2.06. The summed E-state index contributed by atoms with van der Waals surface area (Å²) in [4.78, 5) is 11.7. The van der Waals surface area contributed by atoms with Crippen LogP contribution in [0.2, 0.25) is 0 Å². The van der Waals surface area contributed by atoms with Crippen LogP contribution < -0.4 is 5.32 Å². The summed E-state index contributed by atoms with van der Waals surface area (Å²) >= 11 is 0. The van der Waals surface area contributed by atoms with E-state index in [-0.39, 0.29) is 17.9 Å². The molecule has 5 nitrogen and oxygen atoms in total. The first-order valence-electron chi connectivity index (χ1n) is 6.32. The molecule has 1 aliphatic carbocycles. The van der Waals surface area contributed by atoms with Gasteiger partial charge in [0.15, 0.2) is 0 Å². The third-order valence-corrected chi connectivity index (χ3v) is 3.20. The Kier molecular flexibility index (Phi) is 2.74. The van der Waals surface area contributed by atoms with Crippen molar-refractivity contribution in [1.29, 1.82) is 0 Å². The fourth-order valence-electron chi connectivity index (χ4n) is 2.06. The standard InChI is InChI=1S/C13H16N4O/c1-9(14-13(18)10-6-7-10)8-17-12-5-3-2-4-11(12)15-16-17/h2-5,9-10H,6-8H2,1H3,(H,14,18)/t9-/m1/s1. The molecule has 1 fully saturated rings. The molecule has 0 radical (unpaired) electrons. The van der Waals surface area contributed by atoms with Crippen molar-refractivity contribution in [3.05, 3.63) is 24.3 Å². The zero-order chi connectivity index (χ0) is 12.5. The number of benzene rings is 1. The first-order valence-corrected chi connectivity index (χ1v) is 6.32. The summed E-state index contributed by atoms with van der Waals surface area (Å²) in [7, 11) is 0. The fraction of sp³-hybridized carbons (Fsp3) is 0.462. The van der Waals surface area contributed by atoms with Crippen molar-refractivity contribution in [1.82, 2.24) is 20.3 Å². The SMILES string of the molecule is C[C@H](Cn1nnc2ccccc21)NC(=O)C1CC1. The lowest BCUT2D eigenvalue weighted by molar-refractivity contribution is -0.122. The van der Waals surface area contributed by atoms with Crippen LogP contribution in [0.4, 0.5) is 0 Å². The molecule has 0 bridgehead atoms. The Morgan fingerprint density at radius 3 is 3.06 bits per heavy atom. The summed E-state index contributed by atoms with van der Waals surface area (Å²) in [5, 5.41) is 11.2. The van der Waals surface area contributed by atoms with Gasteiger partial charge in [0.1, 0.15) is 5.52 Å². The zero-order valence-corrected chi connectivity index (χ0v) is 10.3. The van der Waals surface area contributed by atoms with E-state index in [2.05, 4.69) is 15.6 Å². The Bertz CT molecular complexity index is 573. The Hall–Kier alpha value is -1.91. The Morgan fingerprint density at radius 1 is 1.50 bits per heavy atom. The molecule has 0 aliphatic heterocycles. The van der Waals surface area contributed by atoms with Crippen LogP contribution in [0.5, 0.6) is 0 Å². The van der Waals surface area contributed by atoms with Gasteiger partial charge in [-0.1, -0.05) is 17.3 Å². The minimum absolute atomic E-state index is 0.0724. The van der Waals surface area contributed by atoms with Crippen molar-refractivity contribution in [2.45, 2.75) is 32.4 Å². The average Bonchev–Trinajstić information content (AvgIpc) is 3.14. The molecule has 1 heterocycles. The molecule has 3 rings (SSSR count). The van der Waals surface area contributed by atoms with Crippen LogP contribution in [0.1, 0.15) is 19.8 Å². The normalized spacial score (nSPS) is 16.7. The van der Waals surface area contributed by atoms with Crippen molar-refractivity contribution in [2.75, 3.05) is 0 Å². The van der Waals surface area contributed by atoms with Crippen LogP contribution in [0, 0.1) is 5.92 Å². The molecule has 0 saturated heterocycles. The van der Waals surface area contributed by atoms with E-state index in [0.29, 0.717) is 6.54 Å². The number of rotatable bonds is 4. The monoisotopic (exact) mass is 244 g/mol. The minimum atomic E-state index is 0.0724. The van der Waals surface area contributed by atoms with Crippen LogP contribution in [0.15, 0.2) is 24.3 Å². The number of nitrogens with one attached hydrogen (secondary N) is 1. The Morgan fingerprint density at radius 2 is 2.28 bits per heavy atom. The molecule has 1 atom stereocenters. The maximum Gasteiger partial charge on any atom is 0.223 e. The first-order chi connectivity index (χ1) is 8.74. The molecular weight excluding hydrogens is 228 g/mol. The topological polar surface area (TPSA) is 59.8 Å². The van der Waals surface area contributed by atoms with Gasteiger partial charge in [0.05, 0.1) is 12.1 Å². The maximum atomic E-state index is 11.7. The van der Waals surface area contributed by atoms with Crippen LogP contribution in [-0.2, 0) is 11.3 Å². The number of para-hydroxylation sites is 1. The van der Waals surface area contributed by atoms with Gasteiger partial charge in [0, 0.05) is 12.0 Å². The molecule has 1 amide bonds. The molecule has 0 unspecified atom stereocenters. The predicted octanol–water partition coefficient (Wildman–Crippen LogP) is 1.35. The third kappa shape index (κ3) is 2.20. The Labute approximate surface area is 105 Å². The number of aromatic nitrogens is 3. The van der Waals surface area contributed by atoms with Gasteiger partial charge in [0.2, 0.25) is 5.91 Å². The van der Waals surface area contributed by atoms with Gasteiger partial charge >= 0.3 is 0 Å². The highest BCUT2D eigenvalue weighted by Gasteiger charge is 2.30. The highest BCUT2D eigenvalue weighted by molar-refractivity contribution is 5.81. The summed E-state index contributed by atoms with van der Waals surface area (Å²) in [5.41, 5.74) is 1.89. The first kappa shape index (κ1) is 11.2. The second-order valence-electron chi connectivity index (χ2n) is 4.94. The van der Waals surface area contributed by atoms with Gasteiger partial charge in [-0.3, -0.25) is 4.79 Å². The number of nitrogens with zero attached hydrogens (tertiary/aromatic N) is 3. The minimum Gasteiger partial charge on any atom is -0.352 e. The molecule has 1 saturated carbocycles. The van der Waals surface area contributed by atoms with Crippen molar-refractivity contribution >= 4 is 16.9 Å². The molecule has 2 aromatic rings. The van der Waals surface area contributed by atoms with Gasteiger partial charge in [-0.25, -0.2) is 4.68 Å². The van der Waals surface area contributed by atoms with E-state index in [9.17, 15) is 4.79 Å². The number of amides is 1. The van der Waals surface area contributed by atoms with Gasteiger partial charge in [-0.05, 0) is 31.9 Å². The number of carbonyl (C=O) groups is 1. The molecule has 94 valence electrons. The van der Waals surface area contributed by atoms with Gasteiger partial charge in [0.25, 0.3) is 0 Å². The van der Waals surface area contributed by atoms with Crippen LogP contribution in [-0.4, -0.2) is 26.9 Å². The lowest BCUT2D eigenvalue weighted by Gasteiger charge is -2.13. The van der Waals surface area contributed by atoms with Crippen molar-refractivity contribution < 1.29 is 4.79 Å². The van der Waals surface area contributed by atoms with Crippen LogP contribution in [0.25, 0.3) is 11.0 Å². The van der Waals surface area contributed by atoms with Crippen molar-refractivity contribution in [3.63, 3.8) is 0 Å². The van der Waals surface area contributed by atoms with Gasteiger partial charge in [-0.15, -0.1) is 5.10 Å². The van der Waals surface area contributed by atoms with E-state index < -0.39 is 0 Å². The second kappa shape index (κ2) is 4.40. The molecule has 0 spiro atoms. The quantitative estimate of drug-likeness (QED) is 0.883. The summed E-state index contributed by atoms with van der Waals surface area (Å²) in [6.45, 7) is 2.65. The van der Waals surface area contributed by atoms with Crippen LogP contribution in [0.3, 0.4) is 0 Å². The van der Waals surface area contributed by atoms with Crippen molar-refractivity contribution in [2.24, 2.45) is 5.92 Å². The molecule has 5 heteroatoms. The summed E-state index contributed by atoms with van der Waals surface area (Å²) in [5.74, 6) is 0.423. The average molecular weight is 244 g/mol. The zero-order valence-electron chi connectivity index (χ0n) is 10.3. The van der Waals surface area contributed by atoms with E-state index in [1.54, 1.807) is 0 Å². The second-order valence-corrected chi connectivity index (χ2v) is 4.94. The molecule has 1 aliphatic rings. The van der Waals surface area contributed by atoms with Gasteiger partial charge < -0.3 is 5.32 Å². The van der Waals surface area contributed by atoms with Crippen molar-refractivity contribution in [3.8, 4) is 0 Å². The van der Waals surface area contributed by atoms with E-state index in [0.717, 1.165) is 23.9 Å². The van der Waals surface area contributed by atoms with E-state index >= 15 is 0 Å². The van der Waals surface area contributed by atoms with Crippen LogP contribution >= 0.6 is 0 Å². The van der Waals surface area contributed by atoms with E-state index in [1.807, 2.05) is 35.9 Å². The highest BCUT2D eigenvalue weighted by Crippen LogP contribution is 2.28.